The first-order chi connectivity index (χ1) is 9.37. The molecule has 2 amide bonds. The van der Waals surface area contributed by atoms with Crippen LogP contribution < -0.4 is 5.32 Å². The predicted octanol–water partition coefficient (Wildman–Crippen LogP) is 2.46. The quantitative estimate of drug-likeness (QED) is 0.841. The summed E-state index contributed by atoms with van der Waals surface area (Å²) < 4.78 is 5.11. The molecule has 0 aliphatic carbocycles. The first-order valence-corrected chi connectivity index (χ1v) is 6.72. The van der Waals surface area contributed by atoms with Crippen LogP contribution in [0.15, 0.2) is 24.3 Å². The monoisotopic (exact) mass is 280 g/mol. The molecule has 0 unspecified atom stereocenters. The number of nitrogens with one attached hydrogen (secondary N) is 1. The highest BCUT2D eigenvalue weighted by molar-refractivity contribution is 5.90. The van der Waals surface area contributed by atoms with Gasteiger partial charge in [0.25, 0.3) is 0 Å². The summed E-state index contributed by atoms with van der Waals surface area (Å²) in [4.78, 5) is 13.8. The Bertz CT molecular complexity index is 441. The van der Waals surface area contributed by atoms with Crippen LogP contribution in [0.2, 0.25) is 0 Å². The molecule has 112 valence electrons. The van der Waals surface area contributed by atoms with Gasteiger partial charge in [-0.25, -0.2) is 4.79 Å². The van der Waals surface area contributed by atoms with Gasteiger partial charge in [-0.15, -0.1) is 0 Å². The Balaban J connectivity index is 2.78. The highest BCUT2D eigenvalue weighted by Gasteiger charge is 2.21. The van der Waals surface area contributed by atoms with E-state index in [2.05, 4.69) is 5.32 Å². The second kappa shape index (κ2) is 7.26. The molecule has 20 heavy (non-hydrogen) atoms. The second-order valence-electron chi connectivity index (χ2n) is 5.35. The fourth-order valence-corrected chi connectivity index (χ4v) is 1.91. The molecule has 0 heterocycles. The van der Waals surface area contributed by atoms with E-state index >= 15 is 0 Å². The average molecular weight is 280 g/mol. The molecule has 1 aromatic carbocycles. The number of anilines is 1. The molecular weight excluding hydrogens is 256 g/mol. The van der Waals surface area contributed by atoms with Gasteiger partial charge in [-0.2, -0.15) is 0 Å². The molecule has 1 rings (SSSR count). The second-order valence-corrected chi connectivity index (χ2v) is 5.35. The van der Waals surface area contributed by atoms with E-state index in [4.69, 9.17) is 4.74 Å². The summed E-state index contributed by atoms with van der Waals surface area (Å²) in [6.45, 7) is 6.49. The minimum absolute atomic E-state index is 0.224. The number of para-hydroxylation sites is 1. The molecule has 0 fully saturated rings. The third kappa shape index (κ3) is 5.19. The van der Waals surface area contributed by atoms with Gasteiger partial charge in [0, 0.05) is 24.9 Å². The number of amides is 2. The van der Waals surface area contributed by atoms with Gasteiger partial charge in [0.05, 0.1) is 18.8 Å². The zero-order valence-corrected chi connectivity index (χ0v) is 12.6. The molecule has 1 aromatic rings. The molecule has 0 radical (unpaired) electrons. The summed E-state index contributed by atoms with van der Waals surface area (Å²) in [5.41, 5.74) is 0.732. The highest BCUT2D eigenvalue weighted by Crippen LogP contribution is 2.17. The van der Waals surface area contributed by atoms with Crippen molar-refractivity contribution >= 4 is 11.7 Å². The summed E-state index contributed by atoms with van der Waals surface area (Å²) in [6.07, 6.45) is 0. The van der Waals surface area contributed by atoms with Crippen molar-refractivity contribution < 1.29 is 14.6 Å². The molecule has 5 heteroatoms. The van der Waals surface area contributed by atoms with Gasteiger partial charge in [0.1, 0.15) is 0 Å². The Morgan fingerprint density at radius 2 is 2.05 bits per heavy atom. The zero-order chi connectivity index (χ0) is 15.2. The third-order valence-corrected chi connectivity index (χ3v) is 2.81. The van der Waals surface area contributed by atoms with Crippen molar-refractivity contribution in [3.05, 3.63) is 29.8 Å². The SMILES string of the molecule is CCN(CC(C)(C)O)C(=O)Nc1ccccc1COC. The molecule has 0 aliphatic rings. The van der Waals surface area contributed by atoms with E-state index in [9.17, 15) is 9.90 Å². The molecular formula is C15H24N2O3. The fraction of sp³-hybridized carbons (Fsp3) is 0.533. The summed E-state index contributed by atoms with van der Waals surface area (Å²) in [5, 5.41) is 12.7. The molecule has 0 saturated heterocycles. The van der Waals surface area contributed by atoms with Crippen LogP contribution in [-0.4, -0.2) is 41.8 Å². The third-order valence-electron chi connectivity index (χ3n) is 2.81. The number of carbonyl (C=O) groups is 1. The first-order valence-electron chi connectivity index (χ1n) is 6.72. The van der Waals surface area contributed by atoms with Crippen molar-refractivity contribution in [2.45, 2.75) is 33.0 Å². The summed E-state index contributed by atoms with van der Waals surface area (Å²) in [7, 11) is 1.62. The number of rotatable bonds is 6. The van der Waals surface area contributed by atoms with Crippen LogP contribution in [-0.2, 0) is 11.3 Å². The van der Waals surface area contributed by atoms with Crippen LogP contribution in [0, 0.1) is 0 Å². The Labute approximate surface area is 120 Å². The number of ether oxygens (including phenoxy) is 1. The van der Waals surface area contributed by atoms with Gasteiger partial charge in [-0.1, -0.05) is 18.2 Å². The number of hydrogen-bond donors (Lipinski definition) is 2. The van der Waals surface area contributed by atoms with Crippen molar-refractivity contribution in [3.63, 3.8) is 0 Å². The van der Waals surface area contributed by atoms with E-state index in [1.54, 1.807) is 25.9 Å². The fourth-order valence-electron chi connectivity index (χ4n) is 1.91. The number of carbonyl (C=O) groups excluding carboxylic acids is 1. The Kier molecular flexibility index (Phi) is 5.98. The lowest BCUT2D eigenvalue weighted by Crippen LogP contribution is -2.44. The van der Waals surface area contributed by atoms with Crippen LogP contribution in [0.4, 0.5) is 10.5 Å². The van der Waals surface area contributed by atoms with E-state index < -0.39 is 5.60 Å². The molecule has 0 bridgehead atoms. The van der Waals surface area contributed by atoms with Crippen molar-refractivity contribution in [2.75, 3.05) is 25.5 Å². The lowest BCUT2D eigenvalue weighted by Gasteiger charge is -2.28. The number of nitrogens with zero attached hydrogens (tertiary/aromatic N) is 1. The maximum Gasteiger partial charge on any atom is 0.321 e. The van der Waals surface area contributed by atoms with Gasteiger partial charge in [-0.3, -0.25) is 0 Å². The van der Waals surface area contributed by atoms with Crippen molar-refractivity contribution in [2.24, 2.45) is 0 Å². The number of urea groups is 1. The van der Waals surface area contributed by atoms with Gasteiger partial charge < -0.3 is 20.1 Å². The smallest absolute Gasteiger partial charge is 0.321 e. The number of methoxy groups -OCH3 is 1. The van der Waals surface area contributed by atoms with Crippen LogP contribution in [0.1, 0.15) is 26.3 Å². The topological polar surface area (TPSA) is 61.8 Å². The lowest BCUT2D eigenvalue weighted by atomic mass is 10.1. The minimum atomic E-state index is -0.917. The highest BCUT2D eigenvalue weighted by atomic mass is 16.5. The number of hydrogen-bond acceptors (Lipinski definition) is 3. The lowest BCUT2D eigenvalue weighted by molar-refractivity contribution is 0.0501. The Morgan fingerprint density at radius 1 is 1.40 bits per heavy atom. The molecule has 0 atom stereocenters. The van der Waals surface area contributed by atoms with Crippen LogP contribution in [0.3, 0.4) is 0 Å². The normalized spacial score (nSPS) is 11.2. The standard InChI is InChI=1S/C15H24N2O3/c1-5-17(11-15(2,3)19)14(18)16-13-9-7-6-8-12(13)10-20-4/h6-9,19H,5,10-11H2,1-4H3,(H,16,18). The van der Waals surface area contributed by atoms with E-state index in [0.717, 1.165) is 11.3 Å². The Morgan fingerprint density at radius 3 is 2.60 bits per heavy atom. The molecule has 0 aliphatic heterocycles. The predicted molar refractivity (Wildman–Crippen MR) is 79.7 cm³/mol. The largest absolute Gasteiger partial charge is 0.389 e. The van der Waals surface area contributed by atoms with Gasteiger partial charge >= 0.3 is 6.03 Å². The van der Waals surface area contributed by atoms with E-state index in [-0.39, 0.29) is 12.6 Å². The number of benzene rings is 1. The van der Waals surface area contributed by atoms with Gasteiger partial charge in [-0.05, 0) is 26.8 Å². The molecule has 0 aromatic heterocycles. The summed E-state index contributed by atoms with van der Waals surface area (Å²) in [6, 6.07) is 7.29. The zero-order valence-electron chi connectivity index (χ0n) is 12.6. The van der Waals surface area contributed by atoms with Crippen LogP contribution in [0.5, 0.6) is 0 Å². The number of aliphatic hydroxyl groups is 1. The Hall–Kier alpha value is -1.59. The molecule has 0 spiro atoms. The van der Waals surface area contributed by atoms with Crippen molar-refractivity contribution in [1.29, 1.82) is 0 Å². The minimum Gasteiger partial charge on any atom is -0.389 e. The summed E-state index contributed by atoms with van der Waals surface area (Å²) in [5.74, 6) is 0. The maximum atomic E-state index is 12.2. The molecule has 0 saturated carbocycles. The average Bonchev–Trinajstić information content (AvgIpc) is 2.37. The van der Waals surface area contributed by atoms with Crippen LogP contribution >= 0.6 is 0 Å². The maximum absolute atomic E-state index is 12.2. The van der Waals surface area contributed by atoms with Crippen molar-refractivity contribution in [3.8, 4) is 0 Å². The molecule has 5 nitrogen and oxygen atoms in total. The molecule has 2 N–H and O–H groups in total. The van der Waals surface area contributed by atoms with E-state index in [1.807, 2.05) is 31.2 Å². The van der Waals surface area contributed by atoms with E-state index in [1.165, 1.54) is 0 Å². The van der Waals surface area contributed by atoms with E-state index in [0.29, 0.717) is 13.2 Å². The first kappa shape index (κ1) is 16.5. The van der Waals surface area contributed by atoms with Gasteiger partial charge in [0.2, 0.25) is 0 Å². The van der Waals surface area contributed by atoms with Crippen molar-refractivity contribution in [1.82, 2.24) is 4.90 Å². The van der Waals surface area contributed by atoms with Gasteiger partial charge in [0.15, 0.2) is 0 Å². The number of likely N-dealkylation sites (N-methyl/N-ethyl adjacent to an activating group) is 1. The summed E-state index contributed by atoms with van der Waals surface area (Å²) >= 11 is 0. The van der Waals surface area contributed by atoms with Crippen LogP contribution in [0.25, 0.3) is 0 Å².